The van der Waals surface area contributed by atoms with E-state index in [9.17, 15) is 0 Å². The van der Waals surface area contributed by atoms with Gasteiger partial charge in [-0.2, -0.15) is 37.1 Å². The van der Waals surface area contributed by atoms with E-state index in [0.29, 0.717) is 0 Å². The van der Waals surface area contributed by atoms with Crippen molar-refractivity contribution in [2.75, 3.05) is 0 Å². The van der Waals surface area contributed by atoms with Gasteiger partial charge in [-0.1, -0.05) is 150 Å². The average Bonchev–Trinajstić information content (AvgIpc) is 4.22. The molecular weight excluding hydrogens is 1130 g/mol. The quantitative estimate of drug-likeness (QED) is 0.0848. The van der Waals surface area contributed by atoms with Gasteiger partial charge in [0.15, 0.2) is 0 Å². The van der Waals surface area contributed by atoms with Crippen molar-refractivity contribution in [1.29, 1.82) is 0 Å². The first-order valence-electron chi connectivity index (χ1n) is 23.5. The van der Waals surface area contributed by atoms with Crippen LogP contribution in [0.4, 0.5) is 0 Å². The van der Waals surface area contributed by atoms with Crippen molar-refractivity contribution < 1.29 is 41.7 Å². The van der Waals surface area contributed by atoms with Crippen LogP contribution < -0.4 is 0 Å². The Bertz CT molecular complexity index is 2580. The van der Waals surface area contributed by atoms with E-state index in [4.69, 9.17) is 34.1 Å². The van der Waals surface area contributed by atoms with Gasteiger partial charge in [-0.05, 0) is 24.0 Å². The molecule has 0 nitrogen and oxygen atoms in total. The molecule has 10 aromatic carbocycles. The van der Waals surface area contributed by atoms with Crippen LogP contribution in [0.25, 0.3) is 65.3 Å². The third kappa shape index (κ3) is 22.1. The molecule has 0 N–H and O–H groups in total. The van der Waals surface area contributed by atoms with Gasteiger partial charge in [0, 0.05) is 20.5 Å². The fourth-order valence-corrected chi connectivity index (χ4v) is 7.70. The molecule has 0 aromatic heterocycles. The molecule has 0 unspecified atom stereocenters. The molecule has 0 aliphatic heterocycles. The number of rotatable bonds is 7. The third-order valence-corrected chi connectivity index (χ3v) is 10.9. The van der Waals surface area contributed by atoms with Crippen LogP contribution in [0.2, 0.25) is 13.1 Å². The summed E-state index contributed by atoms with van der Waals surface area (Å²) in [4.78, 5) is 0. The minimum atomic E-state index is -0.826. The van der Waals surface area contributed by atoms with Gasteiger partial charge in [0.25, 0.3) is 0 Å². The van der Waals surface area contributed by atoms with Gasteiger partial charge in [0.1, 0.15) is 0 Å². The van der Waals surface area contributed by atoms with Gasteiger partial charge < -0.3 is 13.8 Å². The van der Waals surface area contributed by atoms with Crippen LogP contribution in [0, 0.1) is 27.7 Å². The summed E-state index contributed by atoms with van der Waals surface area (Å²) in [7, 11) is 25.7. The molecule has 0 aliphatic rings. The normalized spacial score (nSPS) is 9.63. The summed E-state index contributed by atoms with van der Waals surface area (Å²) in [6, 6.07) is 69.1. The first-order chi connectivity index (χ1) is 34.2. The second kappa shape index (κ2) is 38.7. The van der Waals surface area contributed by atoms with Crippen LogP contribution in [0.1, 0.15) is 61.8 Å². The number of benzene rings is 6. The summed E-state index contributed by atoms with van der Waals surface area (Å²) in [5.74, 6) is 0. The zero-order chi connectivity index (χ0) is 51.5. The molecule has 0 aliphatic carbocycles. The second-order valence-electron chi connectivity index (χ2n) is 15.7. The maximum absolute atomic E-state index is 4.93. The molecule has 0 atom stereocenters. The average molecular weight is 1190 g/mol. The van der Waals surface area contributed by atoms with Crippen molar-refractivity contribution in [2.24, 2.45) is 0 Å². The van der Waals surface area contributed by atoms with E-state index in [-0.39, 0.29) is 0 Å². The second-order valence-corrected chi connectivity index (χ2v) is 23.1. The van der Waals surface area contributed by atoms with Gasteiger partial charge >= 0.3 is 75.7 Å². The van der Waals surface area contributed by atoms with Gasteiger partial charge in [0.2, 0.25) is 0 Å². The van der Waals surface area contributed by atoms with E-state index >= 15 is 0 Å². The zero-order valence-corrected chi connectivity index (χ0v) is 51.6. The third-order valence-electron chi connectivity index (χ3n) is 10.9. The molecule has 364 valence electrons. The fourth-order valence-electron chi connectivity index (χ4n) is 7.70. The fraction of sp³-hybridized carbons (Fsp3) is 0.194. The van der Waals surface area contributed by atoms with Crippen molar-refractivity contribution in [3.05, 3.63) is 230 Å². The van der Waals surface area contributed by atoms with Crippen LogP contribution in [-0.2, 0) is 54.5 Å². The molecule has 0 bridgehead atoms. The molecule has 0 amide bonds. The number of aryl methyl sites for hydroxylation is 4. The SMILES string of the molecule is CCc1cc2ccccc2[cH-]1.CCc1cc2ccccc2[cH-]1.C[Si].C[Si].Cc1cc2c(-c3ccccc3)cccc2[cH-]1.Cc1cc2c(-c3ccccc3)cccc2[cH-]1.[CH2-]CCCC[CH2-].[Cl][Zr][Cl].[Cl][Zr][Cl]. The predicted octanol–water partition coefficient (Wildman–Crippen LogP) is 20.7. The van der Waals surface area contributed by atoms with Crippen LogP contribution in [0.15, 0.2) is 194 Å². The standard InChI is InChI=1S/2C16H13.2C11H11.C6H12.2CH3Si.4ClH.2Zr/c2*1-12-10-14-8-5-9-15(16(14)11-12)13-6-3-2-4-7-13;2*1-2-9-7-10-5-3-4-6-11(10)8-9;1-3-5-6-4-2;2*1-2;;;;;;/h2*2-11H,1H3;2*3-8H,2H2,1H3;1-6H2;2*1H3;4*1H;;/q4*-1;-2;;;;;;;2*+2/p-4. The summed E-state index contributed by atoms with van der Waals surface area (Å²) >= 11 is -1.65. The molecule has 10 aromatic rings. The van der Waals surface area contributed by atoms with Gasteiger partial charge in [-0.3, -0.25) is 0 Å². The van der Waals surface area contributed by atoms with Crippen molar-refractivity contribution in [3.8, 4) is 22.3 Å². The van der Waals surface area contributed by atoms with E-state index in [2.05, 4.69) is 256 Å². The van der Waals surface area contributed by atoms with Crippen molar-refractivity contribution >= 4 is 97.6 Å². The van der Waals surface area contributed by atoms with Crippen molar-refractivity contribution in [2.45, 2.75) is 79.3 Å². The van der Waals surface area contributed by atoms with Gasteiger partial charge in [-0.15, -0.1) is 150 Å². The molecule has 0 heterocycles. The van der Waals surface area contributed by atoms with Crippen LogP contribution in [0.5, 0.6) is 0 Å². The van der Waals surface area contributed by atoms with E-state index in [1.807, 2.05) is 0 Å². The molecule has 10 rings (SSSR count). The Morgan fingerprint density at radius 2 is 0.729 bits per heavy atom. The monoisotopic (exact) mass is 1190 g/mol. The Morgan fingerprint density at radius 1 is 0.414 bits per heavy atom. The zero-order valence-electron chi connectivity index (χ0n) is 41.6. The Labute approximate surface area is 466 Å². The molecule has 0 fully saturated rings. The van der Waals surface area contributed by atoms with Crippen molar-refractivity contribution in [1.82, 2.24) is 0 Å². The molecule has 0 spiro atoms. The Hall–Kier alpha value is -2.88. The molecular formula is C62H66Cl4Si2Zr2-6. The van der Waals surface area contributed by atoms with Crippen molar-refractivity contribution in [3.63, 3.8) is 0 Å². The predicted molar refractivity (Wildman–Crippen MR) is 313 cm³/mol. The summed E-state index contributed by atoms with van der Waals surface area (Å²) < 4.78 is 0. The topological polar surface area (TPSA) is 0 Å². The summed E-state index contributed by atoms with van der Waals surface area (Å²) in [6.07, 6.45) is 6.88. The summed E-state index contributed by atoms with van der Waals surface area (Å²) in [6.45, 7) is 19.7. The summed E-state index contributed by atoms with van der Waals surface area (Å²) in [5, 5.41) is 10.8. The van der Waals surface area contributed by atoms with E-state index < -0.39 is 41.7 Å². The number of halogens is 4. The maximum atomic E-state index is 4.93. The first-order valence-corrected chi connectivity index (χ1v) is 38.1. The van der Waals surface area contributed by atoms with Crippen LogP contribution in [-0.4, -0.2) is 20.5 Å². The van der Waals surface area contributed by atoms with Gasteiger partial charge in [0.05, 0.1) is 0 Å². The van der Waals surface area contributed by atoms with Gasteiger partial charge in [-0.25, -0.2) is 0 Å². The molecule has 0 saturated heterocycles. The minimum absolute atomic E-state index is 0.826. The Kier molecular flexibility index (Phi) is 35.0. The van der Waals surface area contributed by atoms with Crippen LogP contribution in [0.3, 0.4) is 0 Å². The number of hydrogen-bond donors (Lipinski definition) is 0. The molecule has 0 saturated carbocycles. The molecule has 6 radical (unpaired) electrons. The van der Waals surface area contributed by atoms with Crippen LogP contribution >= 0.6 is 34.1 Å². The number of unbranched alkanes of at least 4 members (excludes halogenated alkanes) is 3. The molecule has 8 heteroatoms. The molecule has 70 heavy (non-hydrogen) atoms. The summed E-state index contributed by atoms with van der Waals surface area (Å²) in [5.41, 5.74) is 10.8. The van der Waals surface area contributed by atoms with E-state index in [0.717, 1.165) is 25.7 Å². The van der Waals surface area contributed by atoms with E-state index in [1.165, 1.54) is 100 Å². The number of fused-ring (bicyclic) bond motifs is 4. The number of hydrogen-bond acceptors (Lipinski definition) is 0. The van der Waals surface area contributed by atoms with E-state index in [1.54, 1.807) is 13.1 Å². The first kappa shape index (κ1) is 63.2. The Balaban J connectivity index is 0.000000294. The Morgan fingerprint density at radius 3 is 1.04 bits per heavy atom.